The van der Waals surface area contributed by atoms with E-state index in [-0.39, 0.29) is 0 Å². The van der Waals surface area contributed by atoms with Crippen molar-refractivity contribution in [3.8, 4) is 0 Å². The Morgan fingerprint density at radius 2 is 2.31 bits per heavy atom. The monoisotopic (exact) mass is 183 g/mol. The molecular weight excluding hydrogens is 162 g/mol. The van der Waals surface area contributed by atoms with Gasteiger partial charge in [0, 0.05) is 19.7 Å². The molecule has 0 unspecified atom stereocenters. The van der Waals surface area contributed by atoms with Crippen LogP contribution in [0.3, 0.4) is 0 Å². The van der Waals surface area contributed by atoms with Crippen molar-refractivity contribution in [3.05, 3.63) is 11.6 Å². The molecule has 1 heterocycles. The maximum atomic E-state index is 5.20. The first-order chi connectivity index (χ1) is 6.24. The number of likely N-dealkylation sites (tertiary alicyclic amines) is 1. The van der Waals surface area contributed by atoms with E-state index in [0.717, 1.165) is 13.2 Å². The summed E-state index contributed by atoms with van der Waals surface area (Å²) in [6.45, 7) is 7.52. The Morgan fingerprint density at radius 1 is 1.54 bits per heavy atom. The SMILES string of the molecule is COC[C@@H]1CCCN1CC=C(C)C. The summed E-state index contributed by atoms with van der Waals surface area (Å²) in [4.78, 5) is 2.51. The first-order valence-corrected chi connectivity index (χ1v) is 5.10. The van der Waals surface area contributed by atoms with Crippen LogP contribution in [0, 0.1) is 0 Å². The molecule has 0 aromatic rings. The second-order valence-corrected chi connectivity index (χ2v) is 4.03. The van der Waals surface area contributed by atoms with E-state index in [9.17, 15) is 0 Å². The summed E-state index contributed by atoms with van der Waals surface area (Å²) in [5.41, 5.74) is 1.41. The highest BCUT2D eigenvalue weighted by molar-refractivity contribution is 4.96. The Bertz CT molecular complexity index is 173. The van der Waals surface area contributed by atoms with Gasteiger partial charge in [-0.25, -0.2) is 0 Å². The van der Waals surface area contributed by atoms with Crippen molar-refractivity contribution in [2.24, 2.45) is 0 Å². The average molecular weight is 183 g/mol. The molecule has 0 radical (unpaired) electrons. The van der Waals surface area contributed by atoms with Crippen molar-refractivity contribution in [2.45, 2.75) is 32.7 Å². The van der Waals surface area contributed by atoms with Crippen molar-refractivity contribution < 1.29 is 4.74 Å². The molecule has 2 nitrogen and oxygen atoms in total. The van der Waals surface area contributed by atoms with E-state index in [1.807, 2.05) is 0 Å². The van der Waals surface area contributed by atoms with Crippen LogP contribution in [0.2, 0.25) is 0 Å². The molecule has 0 aliphatic carbocycles. The smallest absolute Gasteiger partial charge is 0.0618 e. The van der Waals surface area contributed by atoms with Crippen LogP contribution in [-0.2, 0) is 4.74 Å². The number of rotatable bonds is 4. The topological polar surface area (TPSA) is 12.5 Å². The lowest BCUT2D eigenvalue weighted by Gasteiger charge is -2.22. The summed E-state index contributed by atoms with van der Waals surface area (Å²) < 4.78 is 5.20. The van der Waals surface area contributed by atoms with Crippen LogP contribution in [0.1, 0.15) is 26.7 Å². The third-order valence-electron chi connectivity index (χ3n) is 2.59. The summed E-state index contributed by atoms with van der Waals surface area (Å²) in [5.74, 6) is 0. The van der Waals surface area contributed by atoms with E-state index < -0.39 is 0 Å². The van der Waals surface area contributed by atoms with Crippen molar-refractivity contribution >= 4 is 0 Å². The summed E-state index contributed by atoms with van der Waals surface area (Å²) in [7, 11) is 1.79. The fourth-order valence-corrected chi connectivity index (χ4v) is 1.82. The van der Waals surface area contributed by atoms with Crippen LogP contribution >= 0.6 is 0 Å². The van der Waals surface area contributed by atoms with Crippen LogP contribution in [-0.4, -0.2) is 37.7 Å². The van der Waals surface area contributed by atoms with E-state index in [1.165, 1.54) is 25.0 Å². The van der Waals surface area contributed by atoms with Gasteiger partial charge in [0.15, 0.2) is 0 Å². The second kappa shape index (κ2) is 5.40. The van der Waals surface area contributed by atoms with Crippen LogP contribution in [0.25, 0.3) is 0 Å². The number of allylic oxidation sites excluding steroid dienone is 1. The lowest BCUT2D eigenvalue weighted by Crippen LogP contribution is -2.32. The Morgan fingerprint density at radius 3 is 2.92 bits per heavy atom. The molecule has 0 spiro atoms. The van der Waals surface area contributed by atoms with Gasteiger partial charge in [-0.3, -0.25) is 4.90 Å². The van der Waals surface area contributed by atoms with E-state index in [2.05, 4.69) is 24.8 Å². The summed E-state index contributed by atoms with van der Waals surface area (Å²) in [6.07, 6.45) is 4.92. The van der Waals surface area contributed by atoms with Gasteiger partial charge < -0.3 is 4.74 Å². The third kappa shape index (κ3) is 3.49. The predicted octanol–water partition coefficient (Wildman–Crippen LogP) is 2.06. The van der Waals surface area contributed by atoms with Crippen molar-refractivity contribution in [2.75, 3.05) is 26.8 Å². The molecule has 0 saturated carbocycles. The molecule has 0 bridgehead atoms. The zero-order chi connectivity index (χ0) is 9.68. The van der Waals surface area contributed by atoms with Crippen molar-refractivity contribution in [3.63, 3.8) is 0 Å². The van der Waals surface area contributed by atoms with E-state index >= 15 is 0 Å². The Balaban J connectivity index is 2.35. The van der Waals surface area contributed by atoms with Crippen LogP contribution in [0.5, 0.6) is 0 Å². The first-order valence-electron chi connectivity index (χ1n) is 5.10. The largest absolute Gasteiger partial charge is 0.383 e. The molecule has 76 valence electrons. The van der Waals surface area contributed by atoms with Crippen molar-refractivity contribution in [1.29, 1.82) is 0 Å². The summed E-state index contributed by atoms with van der Waals surface area (Å²) in [5, 5.41) is 0. The van der Waals surface area contributed by atoms with Crippen molar-refractivity contribution in [1.82, 2.24) is 4.90 Å². The minimum Gasteiger partial charge on any atom is -0.383 e. The fraction of sp³-hybridized carbons (Fsp3) is 0.818. The van der Waals surface area contributed by atoms with Gasteiger partial charge in [0.25, 0.3) is 0 Å². The Kier molecular flexibility index (Phi) is 4.46. The zero-order valence-electron chi connectivity index (χ0n) is 9.05. The molecule has 2 heteroatoms. The van der Waals surface area contributed by atoms with Gasteiger partial charge in [-0.15, -0.1) is 0 Å². The van der Waals surface area contributed by atoms with Gasteiger partial charge in [0.2, 0.25) is 0 Å². The highest BCUT2D eigenvalue weighted by atomic mass is 16.5. The number of methoxy groups -OCH3 is 1. The van der Waals surface area contributed by atoms with Crippen LogP contribution in [0.4, 0.5) is 0 Å². The van der Waals surface area contributed by atoms with Gasteiger partial charge in [-0.2, -0.15) is 0 Å². The lowest BCUT2D eigenvalue weighted by atomic mass is 10.2. The van der Waals surface area contributed by atoms with Crippen LogP contribution in [0.15, 0.2) is 11.6 Å². The maximum Gasteiger partial charge on any atom is 0.0618 e. The molecule has 1 aliphatic heterocycles. The zero-order valence-corrected chi connectivity index (χ0v) is 9.05. The molecule has 0 N–H and O–H groups in total. The van der Waals surface area contributed by atoms with E-state index in [0.29, 0.717) is 6.04 Å². The predicted molar refractivity (Wildman–Crippen MR) is 55.9 cm³/mol. The number of nitrogens with zero attached hydrogens (tertiary/aromatic N) is 1. The molecule has 1 rings (SSSR count). The molecule has 0 aromatic heterocycles. The third-order valence-corrected chi connectivity index (χ3v) is 2.59. The van der Waals surface area contributed by atoms with E-state index in [4.69, 9.17) is 4.74 Å². The molecule has 1 fully saturated rings. The Hall–Kier alpha value is -0.340. The minimum atomic E-state index is 0.653. The summed E-state index contributed by atoms with van der Waals surface area (Å²) in [6, 6.07) is 0.653. The van der Waals surface area contributed by atoms with Gasteiger partial charge in [-0.1, -0.05) is 11.6 Å². The molecule has 13 heavy (non-hydrogen) atoms. The van der Waals surface area contributed by atoms with Crippen LogP contribution < -0.4 is 0 Å². The van der Waals surface area contributed by atoms with Gasteiger partial charge in [-0.05, 0) is 33.2 Å². The lowest BCUT2D eigenvalue weighted by molar-refractivity contribution is 0.122. The average Bonchev–Trinajstić information content (AvgIpc) is 2.49. The molecule has 0 aromatic carbocycles. The maximum absolute atomic E-state index is 5.20. The number of ether oxygens (including phenoxy) is 1. The van der Waals surface area contributed by atoms with Gasteiger partial charge in [0.1, 0.15) is 0 Å². The van der Waals surface area contributed by atoms with Gasteiger partial charge in [0.05, 0.1) is 6.61 Å². The molecular formula is C11H21NO. The normalized spacial score (nSPS) is 23.5. The van der Waals surface area contributed by atoms with Gasteiger partial charge >= 0.3 is 0 Å². The molecule has 1 saturated heterocycles. The highest BCUT2D eigenvalue weighted by Crippen LogP contribution is 2.17. The Labute approximate surface area is 81.6 Å². The standard InChI is InChI=1S/C11H21NO/c1-10(2)6-8-12-7-4-5-11(12)9-13-3/h6,11H,4-5,7-9H2,1-3H3/t11-/m0/s1. The van der Waals surface area contributed by atoms with E-state index in [1.54, 1.807) is 7.11 Å². The number of hydrogen-bond acceptors (Lipinski definition) is 2. The fourth-order valence-electron chi connectivity index (χ4n) is 1.82. The molecule has 1 atom stereocenters. The number of hydrogen-bond donors (Lipinski definition) is 0. The first kappa shape index (κ1) is 10.7. The molecule has 0 amide bonds. The summed E-state index contributed by atoms with van der Waals surface area (Å²) >= 11 is 0. The second-order valence-electron chi connectivity index (χ2n) is 4.03. The quantitative estimate of drug-likeness (QED) is 0.619. The molecule has 1 aliphatic rings. The minimum absolute atomic E-state index is 0.653. The highest BCUT2D eigenvalue weighted by Gasteiger charge is 2.22.